The van der Waals surface area contributed by atoms with Crippen molar-refractivity contribution in [3.8, 4) is 0 Å². The third-order valence-corrected chi connectivity index (χ3v) is 6.36. The molecule has 4 amide bonds. The quantitative estimate of drug-likeness (QED) is 0.378. The summed E-state index contributed by atoms with van der Waals surface area (Å²) in [5.74, 6) is -1.97. The van der Waals surface area contributed by atoms with Crippen LogP contribution in [-0.4, -0.2) is 44.3 Å². The fraction of sp³-hybridized carbons (Fsp3) is 0.227. The van der Waals surface area contributed by atoms with E-state index < -0.39 is 45.8 Å². The van der Waals surface area contributed by atoms with E-state index in [-0.39, 0.29) is 12.3 Å². The summed E-state index contributed by atoms with van der Waals surface area (Å²) in [6.07, 6.45) is 1.43. The highest BCUT2D eigenvalue weighted by Crippen LogP contribution is 2.28. The van der Waals surface area contributed by atoms with Crippen LogP contribution in [0.4, 0.5) is 14.9 Å². The van der Waals surface area contributed by atoms with Crippen molar-refractivity contribution in [1.29, 1.82) is 0 Å². The van der Waals surface area contributed by atoms with Crippen LogP contribution in [0.1, 0.15) is 18.1 Å². The van der Waals surface area contributed by atoms with Crippen LogP contribution in [0.2, 0.25) is 0 Å². The van der Waals surface area contributed by atoms with E-state index >= 15 is 0 Å². The molecule has 0 spiro atoms. The molecule has 9 nitrogen and oxygen atoms in total. The van der Waals surface area contributed by atoms with Gasteiger partial charge in [-0.15, -0.1) is 6.58 Å². The van der Waals surface area contributed by atoms with E-state index in [1.807, 2.05) is 0 Å². The first-order valence-electron chi connectivity index (χ1n) is 9.91. The number of hydrogen-bond acceptors (Lipinski definition) is 5. The largest absolute Gasteiger partial charge is 0.325 e. The molecule has 1 atom stereocenters. The van der Waals surface area contributed by atoms with Crippen LogP contribution < -0.4 is 15.4 Å². The molecule has 174 valence electrons. The molecule has 3 N–H and O–H groups in total. The molecule has 0 bridgehead atoms. The molecule has 2 aromatic rings. The van der Waals surface area contributed by atoms with E-state index in [0.29, 0.717) is 16.8 Å². The van der Waals surface area contributed by atoms with Crippen molar-refractivity contribution in [2.75, 3.05) is 18.4 Å². The number of anilines is 1. The van der Waals surface area contributed by atoms with Crippen LogP contribution in [0.25, 0.3) is 0 Å². The van der Waals surface area contributed by atoms with E-state index in [2.05, 4.69) is 21.9 Å². The van der Waals surface area contributed by atoms with Crippen molar-refractivity contribution < 1.29 is 27.2 Å². The van der Waals surface area contributed by atoms with Crippen LogP contribution in [0.15, 0.2) is 61.2 Å². The molecular weight excluding hydrogens is 451 g/mol. The number of sulfonamides is 1. The number of carbonyl (C=O) groups excluding carboxylic acids is 3. The van der Waals surface area contributed by atoms with Gasteiger partial charge in [0.05, 0.1) is 5.75 Å². The third kappa shape index (κ3) is 5.62. The van der Waals surface area contributed by atoms with Gasteiger partial charge in [-0.3, -0.25) is 14.5 Å². The predicted molar refractivity (Wildman–Crippen MR) is 120 cm³/mol. The Bertz CT molecular complexity index is 1180. The summed E-state index contributed by atoms with van der Waals surface area (Å²) < 4.78 is 39.4. The molecule has 0 aromatic heterocycles. The van der Waals surface area contributed by atoms with Crippen molar-refractivity contribution >= 4 is 33.6 Å². The summed E-state index contributed by atoms with van der Waals surface area (Å²) in [6.45, 7) is 4.53. The molecule has 1 unspecified atom stereocenters. The van der Waals surface area contributed by atoms with Gasteiger partial charge < -0.3 is 10.6 Å². The van der Waals surface area contributed by atoms with Crippen LogP contribution >= 0.6 is 0 Å². The van der Waals surface area contributed by atoms with Crippen molar-refractivity contribution in [2.45, 2.75) is 18.2 Å². The molecule has 33 heavy (non-hydrogen) atoms. The molecule has 1 aliphatic rings. The SMILES string of the molecule is C=CCNS(=O)(=O)Cc1ccc(NC(=O)CN2C(=O)NC(C)(c3ccc(F)cc3)C2=O)cc1. The van der Waals surface area contributed by atoms with Crippen molar-refractivity contribution in [3.05, 3.63) is 78.1 Å². The Morgan fingerprint density at radius 3 is 2.39 bits per heavy atom. The second-order valence-corrected chi connectivity index (χ2v) is 9.40. The Kier molecular flexibility index (Phi) is 6.94. The number of halogens is 1. The fourth-order valence-corrected chi connectivity index (χ4v) is 4.41. The molecule has 0 saturated carbocycles. The minimum atomic E-state index is -3.52. The van der Waals surface area contributed by atoms with Crippen LogP contribution in [-0.2, 0) is 30.9 Å². The lowest BCUT2D eigenvalue weighted by atomic mass is 9.92. The van der Waals surface area contributed by atoms with E-state index in [9.17, 15) is 27.2 Å². The Morgan fingerprint density at radius 1 is 1.15 bits per heavy atom. The normalized spacial score (nSPS) is 18.2. The summed E-state index contributed by atoms with van der Waals surface area (Å²) in [4.78, 5) is 38.4. The first-order chi connectivity index (χ1) is 15.5. The minimum Gasteiger partial charge on any atom is -0.325 e. The van der Waals surface area contributed by atoms with Gasteiger partial charge in [0.25, 0.3) is 5.91 Å². The minimum absolute atomic E-state index is 0.124. The van der Waals surface area contributed by atoms with Gasteiger partial charge in [-0.2, -0.15) is 0 Å². The zero-order valence-electron chi connectivity index (χ0n) is 17.8. The van der Waals surface area contributed by atoms with E-state index in [0.717, 1.165) is 4.90 Å². The Morgan fingerprint density at radius 2 is 1.79 bits per heavy atom. The molecule has 1 fully saturated rings. The van der Waals surface area contributed by atoms with E-state index in [1.165, 1.54) is 49.4 Å². The standard InChI is InChI=1S/C22H23FN4O5S/c1-3-12-24-33(31,32)14-15-4-10-18(11-5-15)25-19(28)13-27-20(29)22(2,26-21(27)30)16-6-8-17(23)9-7-16/h3-11,24H,1,12-14H2,2H3,(H,25,28)(H,26,30). The monoisotopic (exact) mass is 474 g/mol. The van der Waals surface area contributed by atoms with Gasteiger partial charge in [0.2, 0.25) is 15.9 Å². The summed E-state index contributed by atoms with van der Waals surface area (Å²) in [6, 6.07) is 10.5. The van der Waals surface area contributed by atoms with Gasteiger partial charge in [-0.05, 0) is 42.3 Å². The molecular formula is C22H23FN4O5S. The first kappa shape index (κ1) is 24.1. The van der Waals surface area contributed by atoms with Gasteiger partial charge in [0.1, 0.15) is 17.9 Å². The number of imide groups is 1. The number of carbonyl (C=O) groups is 3. The van der Waals surface area contributed by atoms with Crippen molar-refractivity contribution in [3.63, 3.8) is 0 Å². The highest BCUT2D eigenvalue weighted by molar-refractivity contribution is 7.88. The lowest BCUT2D eigenvalue weighted by Crippen LogP contribution is -2.42. The van der Waals surface area contributed by atoms with Crippen molar-refractivity contribution in [1.82, 2.24) is 14.9 Å². The number of urea groups is 1. The highest BCUT2D eigenvalue weighted by atomic mass is 32.2. The molecule has 1 heterocycles. The number of hydrogen-bond donors (Lipinski definition) is 3. The maximum Gasteiger partial charge on any atom is 0.325 e. The Balaban J connectivity index is 1.62. The second kappa shape index (κ2) is 9.51. The first-order valence-corrected chi connectivity index (χ1v) is 11.6. The summed E-state index contributed by atoms with van der Waals surface area (Å²) >= 11 is 0. The molecule has 3 rings (SSSR count). The number of rotatable bonds is 9. The van der Waals surface area contributed by atoms with Gasteiger partial charge in [0, 0.05) is 12.2 Å². The second-order valence-electron chi connectivity index (χ2n) is 7.59. The topological polar surface area (TPSA) is 125 Å². The summed E-state index contributed by atoms with van der Waals surface area (Å²) in [7, 11) is -3.52. The average Bonchev–Trinajstić information content (AvgIpc) is 2.98. The number of amides is 4. The highest BCUT2D eigenvalue weighted by Gasteiger charge is 2.49. The fourth-order valence-electron chi connectivity index (χ4n) is 3.30. The predicted octanol–water partition coefficient (Wildman–Crippen LogP) is 1.84. The van der Waals surface area contributed by atoms with Gasteiger partial charge >= 0.3 is 6.03 Å². The average molecular weight is 475 g/mol. The zero-order valence-corrected chi connectivity index (χ0v) is 18.6. The zero-order chi connectivity index (χ0) is 24.2. The molecule has 1 aliphatic heterocycles. The third-order valence-electron chi connectivity index (χ3n) is 5.04. The molecule has 11 heteroatoms. The summed E-state index contributed by atoms with van der Waals surface area (Å²) in [5.41, 5.74) is -0.154. The van der Waals surface area contributed by atoms with Gasteiger partial charge in [-0.25, -0.2) is 22.3 Å². The van der Waals surface area contributed by atoms with Crippen LogP contribution in [0, 0.1) is 5.82 Å². The van der Waals surface area contributed by atoms with Gasteiger partial charge in [0.15, 0.2) is 0 Å². The molecule has 0 radical (unpaired) electrons. The maximum atomic E-state index is 13.2. The lowest BCUT2D eigenvalue weighted by molar-refractivity contribution is -0.133. The smallest absolute Gasteiger partial charge is 0.325 e. The van der Waals surface area contributed by atoms with Crippen molar-refractivity contribution in [2.24, 2.45) is 0 Å². The van der Waals surface area contributed by atoms with Gasteiger partial charge in [-0.1, -0.05) is 30.3 Å². The molecule has 2 aromatic carbocycles. The lowest BCUT2D eigenvalue weighted by Gasteiger charge is -2.22. The maximum absolute atomic E-state index is 13.2. The van der Waals surface area contributed by atoms with Crippen LogP contribution in [0.3, 0.4) is 0 Å². The summed E-state index contributed by atoms with van der Waals surface area (Å²) in [5, 5.41) is 5.11. The number of nitrogens with zero attached hydrogens (tertiary/aromatic N) is 1. The molecule has 1 saturated heterocycles. The Hall–Kier alpha value is -3.57. The van der Waals surface area contributed by atoms with E-state index in [4.69, 9.17) is 0 Å². The number of nitrogens with one attached hydrogen (secondary N) is 3. The van der Waals surface area contributed by atoms with E-state index in [1.54, 1.807) is 12.1 Å². The Labute approximate surface area is 190 Å². The number of benzene rings is 2. The molecule has 0 aliphatic carbocycles. The van der Waals surface area contributed by atoms with Crippen LogP contribution in [0.5, 0.6) is 0 Å².